The van der Waals surface area contributed by atoms with Crippen LogP contribution >= 0.6 is 0 Å². The molecule has 1 aromatic carbocycles. The smallest absolute Gasteiger partial charge is 0.169 e. The number of ether oxygens (including phenoxy) is 2. The van der Waals surface area contributed by atoms with E-state index >= 15 is 0 Å². The van der Waals surface area contributed by atoms with Gasteiger partial charge in [0.1, 0.15) is 0 Å². The van der Waals surface area contributed by atoms with Gasteiger partial charge in [0.15, 0.2) is 17.3 Å². The van der Waals surface area contributed by atoms with E-state index in [1.165, 1.54) is 13.2 Å². The molecule has 0 aromatic heterocycles. The first-order valence-corrected chi connectivity index (χ1v) is 6.71. The van der Waals surface area contributed by atoms with Crippen LogP contribution in [0.1, 0.15) is 36.0 Å². The van der Waals surface area contributed by atoms with Crippen LogP contribution < -0.4 is 4.74 Å². The van der Waals surface area contributed by atoms with Gasteiger partial charge >= 0.3 is 0 Å². The third-order valence-electron chi connectivity index (χ3n) is 4.10. The van der Waals surface area contributed by atoms with E-state index in [2.05, 4.69) is 0 Å². The second-order valence-corrected chi connectivity index (χ2v) is 5.31. The number of benzene rings is 1. The number of hydrogen-bond acceptors (Lipinski definition) is 3. The lowest BCUT2D eigenvalue weighted by atomic mass is 9.87. The van der Waals surface area contributed by atoms with Crippen LogP contribution in [-0.2, 0) is 4.74 Å². The summed E-state index contributed by atoms with van der Waals surface area (Å²) in [4.78, 5) is 12.5. The van der Waals surface area contributed by atoms with Gasteiger partial charge in [-0.05, 0) is 37.8 Å². The van der Waals surface area contributed by atoms with E-state index in [0.717, 1.165) is 25.7 Å². The summed E-state index contributed by atoms with van der Waals surface area (Å²) in [6.45, 7) is 0. The van der Waals surface area contributed by atoms with E-state index < -0.39 is 5.82 Å². The number of carbonyl (C=O) groups excluding carboxylic acids is 1. The molecule has 2 aliphatic rings. The van der Waals surface area contributed by atoms with E-state index in [9.17, 15) is 9.18 Å². The largest absolute Gasteiger partial charge is 0.493 e. The normalized spacial score (nSPS) is 29.3. The highest BCUT2D eigenvalue weighted by Gasteiger charge is 2.38. The minimum atomic E-state index is -0.483. The lowest BCUT2D eigenvalue weighted by Gasteiger charge is -2.27. The molecular formula is C15H17FO3. The standard InChI is InChI=1S/C15H17FO3/c1-18-15-12(3-2-4-13(15)16)14(17)9-7-10-5-6-11(8-9)19-10/h2-4,9-11H,5-8H2,1H3. The molecule has 2 bridgehead atoms. The minimum absolute atomic E-state index is 0.0171. The quantitative estimate of drug-likeness (QED) is 0.787. The van der Waals surface area contributed by atoms with Crippen molar-refractivity contribution in [2.45, 2.75) is 37.9 Å². The highest BCUT2D eigenvalue weighted by molar-refractivity contribution is 6.00. The lowest BCUT2D eigenvalue weighted by Crippen LogP contribution is -2.30. The van der Waals surface area contributed by atoms with Crippen LogP contribution in [-0.4, -0.2) is 25.1 Å². The molecule has 2 heterocycles. The lowest BCUT2D eigenvalue weighted by molar-refractivity contribution is -0.0149. The molecule has 102 valence electrons. The molecule has 0 radical (unpaired) electrons. The molecule has 2 atom stereocenters. The molecule has 0 saturated carbocycles. The van der Waals surface area contributed by atoms with Crippen LogP contribution in [0.15, 0.2) is 18.2 Å². The number of para-hydroxylation sites is 1. The summed E-state index contributed by atoms with van der Waals surface area (Å²) in [5, 5.41) is 0. The summed E-state index contributed by atoms with van der Waals surface area (Å²) in [5.41, 5.74) is 0.355. The van der Waals surface area contributed by atoms with Crippen molar-refractivity contribution in [2.75, 3.05) is 7.11 Å². The Morgan fingerprint density at radius 1 is 1.32 bits per heavy atom. The molecule has 3 rings (SSSR count). The third-order valence-corrected chi connectivity index (χ3v) is 4.10. The van der Waals surface area contributed by atoms with Crippen molar-refractivity contribution in [2.24, 2.45) is 5.92 Å². The van der Waals surface area contributed by atoms with Gasteiger partial charge in [0, 0.05) is 5.92 Å². The third kappa shape index (κ3) is 2.25. The van der Waals surface area contributed by atoms with Crippen molar-refractivity contribution in [1.29, 1.82) is 0 Å². The maximum absolute atomic E-state index is 13.6. The van der Waals surface area contributed by atoms with Crippen LogP contribution in [0.5, 0.6) is 5.75 Å². The number of methoxy groups -OCH3 is 1. The van der Waals surface area contributed by atoms with Gasteiger partial charge in [-0.15, -0.1) is 0 Å². The molecule has 0 amide bonds. The predicted molar refractivity (Wildman–Crippen MR) is 67.9 cm³/mol. The van der Waals surface area contributed by atoms with Gasteiger partial charge in [-0.2, -0.15) is 0 Å². The fourth-order valence-electron chi connectivity index (χ4n) is 3.20. The topological polar surface area (TPSA) is 35.5 Å². The first-order valence-electron chi connectivity index (χ1n) is 6.71. The first-order chi connectivity index (χ1) is 9.19. The Labute approximate surface area is 111 Å². The number of carbonyl (C=O) groups is 1. The van der Waals surface area contributed by atoms with E-state index in [4.69, 9.17) is 9.47 Å². The fraction of sp³-hybridized carbons (Fsp3) is 0.533. The molecule has 1 aromatic rings. The molecule has 19 heavy (non-hydrogen) atoms. The molecule has 2 saturated heterocycles. The number of fused-ring (bicyclic) bond motifs is 2. The second kappa shape index (κ2) is 4.93. The summed E-state index contributed by atoms with van der Waals surface area (Å²) in [7, 11) is 1.39. The van der Waals surface area contributed by atoms with Gasteiger partial charge in [0.25, 0.3) is 0 Å². The van der Waals surface area contributed by atoms with Gasteiger partial charge in [-0.1, -0.05) is 6.07 Å². The molecular weight excluding hydrogens is 247 g/mol. The maximum Gasteiger partial charge on any atom is 0.169 e. The Morgan fingerprint density at radius 3 is 2.63 bits per heavy atom. The average Bonchev–Trinajstić information content (AvgIpc) is 2.76. The fourth-order valence-corrected chi connectivity index (χ4v) is 3.20. The van der Waals surface area contributed by atoms with Crippen LogP contribution in [0.4, 0.5) is 4.39 Å². The zero-order chi connectivity index (χ0) is 13.4. The van der Waals surface area contributed by atoms with Crippen molar-refractivity contribution in [3.63, 3.8) is 0 Å². The summed E-state index contributed by atoms with van der Waals surface area (Å²) in [6, 6.07) is 4.50. The summed E-state index contributed by atoms with van der Waals surface area (Å²) < 4.78 is 24.4. The zero-order valence-corrected chi connectivity index (χ0v) is 10.9. The Bertz CT molecular complexity index is 488. The Balaban J connectivity index is 1.86. The van der Waals surface area contributed by atoms with Crippen LogP contribution in [0.3, 0.4) is 0 Å². The van der Waals surface area contributed by atoms with Crippen molar-refractivity contribution >= 4 is 5.78 Å². The second-order valence-electron chi connectivity index (χ2n) is 5.31. The number of hydrogen-bond donors (Lipinski definition) is 0. The van der Waals surface area contributed by atoms with Crippen molar-refractivity contribution in [1.82, 2.24) is 0 Å². The molecule has 3 nitrogen and oxygen atoms in total. The number of Topliss-reactive ketones (excluding diaryl/α,β-unsaturated/α-hetero) is 1. The van der Waals surface area contributed by atoms with Crippen LogP contribution in [0.2, 0.25) is 0 Å². The molecule has 2 unspecified atom stereocenters. The Kier molecular flexibility index (Phi) is 3.27. The van der Waals surface area contributed by atoms with Gasteiger partial charge in [0.2, 0.25) is 0 Å². The van der Waals surface area contributed by atoms with Crippen molar-refractivity contribution in [3.05, 3.63) is 29.6 Å². The molecule has 0 spiro atoms. The van der Waals surface area contributed by atoms with Gasteiger partial charge in [-0.25, -0.2) is 4.39 Å². The SMILES string of the molecule is COc1c(F)cccc1C(=O)C1CC2CCC(C1)O2. The first kappa shape index (κ1) is 12.6. The van der Waals surface area contributed by atoms with E-state index in [0.29, 0.717) is 5.56 Å². The maximum atomic E-state index is 13.6. The van der Waals surface area contributed by atoms with Gasteiger partial charge < -0.3 is 9.47 Å². The number of halogens is 1. The molecule has 2 fully saturated rings. The number of rotatable bonds is 3. The summed E-state index contributed by atoms with van der Waals surface area (Å²) in [5.74, 6) is -0.506. The average molecular weight is 264 g/mol. The van der Waals surface area contributed by atoms with Gasteiger partial charge in [0.05, 0.1) is 24.9 Å². The molecule has 0 aliphatic carbocycles. The molecule has 4 heteroatoms. The predicted octanol–water partition coefficient (Wildman–Crippen LogP) is 2.97. The van der Waals surface area contributed by atoms with Crippen LogP contribution in [0.25, 0.3) is 0 Å². The molecule has 2 aliphatic heterocycles. The zero-order valence-electron chi connectivity index (χ0n) is 10.9. The van der Waals surface area contributed by atoms with Crippen LogP contribution in [0, 0.1) is 11.7 Å². The van der Waals surface area contributed by atoms with Crippen molar-refractivity contribution < 1.29 is 18.7 Å². The van der Waals surface area contributed by atoms with E-state index in [1.54, 1.807) is 12.1 Å². The summed E-state index contributed by atoms with van der Waals surface area (Å²) in [6.07, 6.45) is 3.97. The monoisotopic (exact) mass is 264 g/mol. The van der Waals surface area contributed by atoms with E-state index in [1.807, 2.05) is 0 Å². The summed E-state index contributed by atoms with van der Waals surface area (Å²) >= 11 is 0. The minimum Gasteiger partial charge on any atom is -0.493 e. The Morgan fingerprint density at radius 2 is 2.00 bits per heavy atom. The number of ketones is 1. The highest BCUT2D eigenvalue weighted by atomic mass is 19.1. The van der Waals surface area contributed by atoms with E-state index in [-0.39, 0.29) is 29.7 Å². The van der Waals surface area contributed by atoms with Crippen molar-refractivity contribution in [3.8, 4) is 5.75 Å². The van der Waals surface area contributed by atoms with Gasteiger partial charge in [-0.3, -0.25) is 4.79 Å². The molecule has 0 N–H and O–H groups in total. The highest BCUT2D eigenvalue weighted by Crippen LogP contribution is 2.38. The Hall–Kier alpha value is -1.42.